The topological polar surface area (TPSA) is 38.1 Å². The van der Waals surface area contributed by atoms with Crippen molar-refractivity contribution in [2.45, 2.75) is 32.7 Å². The lowest BCUT2D eigenvalue weighted by Crippen LogP contribution is -2.38. The molecule has 0 radical (unpaired) electrons. The summed E-state index contributed by atoms with van der Waals surface area (Å²) in [7, 11) is 1.84. The van der Waals surface area contributed by atoms with Crippen molar-refractivity contribution >= 4 is 5.91 Å². The van der Waals surface area contributed by atoms with Crippen LogP contribution in [0.3, 0.4) is 0 Å². The summed E-state index contributed by atoms with van der Waals surface area (Å²) in [6.45, 7) is 7.86. The Morgan fingerprint density at radius 3 is 2.60 bits per heavy atom. The van der Waals surface area contributed by atoms with Gasteiger partial charge in [0.05, 0.1) is 12.7 Å². The first-order valence-corrected chi connectivity index (χ1v) is 5.23. The van der Waals surface area contributed by atoms with E-state index in [0.717, 1.165) is 24.3 Å². The number of nitrogens with zero attached hydrogens (tertiary/aromatic N) is 3. The van der Waals surface area contributed by atoms with Crippen molar-refractivity contribution in [1.82, 2.24) is 14.7 Å². The molecule has 4 nitrogen and oxygen atoms in total. The zero-order valence-electron chi connectivity index (χ0n) is 9.74. The van der Waals surface area contributed by atoms with E-state index in [2.05, 4.69) is 25.9 Å². The van der Waals surface area contributed by atoms with Gasteiger partial charge in [0.1, 0.15) is 5.69 Å². The molecule has 2 heterocycles. The van der Waals surface area contributed by atoms with Crippen LogP contribution in [0.4, 0.5) is 0 Å². The van der Waals surface area contributed by atoms with E-state index in [-0.39, 0.29) is 11.3 Å². The Balaban J connectivity index is 2.54. The fourth-order valence-corrected chi connectivity index (χ4v) is 1.86. The normalized spacial score (nSPS) is 16.8. The van der Waals surface area contributed by atoms with Gasteiger partial charge in [-0.25, -0.2) is 0 Å². The highest BCUT2D eigenvalue weighted by Crippen LogP contribution is 2.27. The van der Waals surface area contributed by atoms with Crippen molar-refractivity contribution < 1.29 is 4.79 Å². The Kier molecular flexibility index (Phi) is 2.10. The maximum absolute atomic E-state index is 12.0. The number of hydrogen-bond acceptors (Lipinski definition) is 2. The minimum absolute atomic E-state index is 0.0264. The molecule has 1 aromatic heterocycles. The quantitative estimate of drug-likeness (QED) is 0.642. The van der Waals surface area contributed by atoms with Crippen LogP contribution in [0.15, 0.2) is 6.20 Å². The minimum atomic E-state index is -0.0264. The number of carbonyl (C=O) groups is 1. The lowest BCUT2D eigenvalue weighted by atomic mass is 9.87. The van der Waals surface area contributed by atoms with Crippen molar-refractivity contribution in [3.8, 4) is 0 Å². The Morgan fingerprint density at radius 2 is 2.00 bits per heavy atom. The number of rotatable bonds is 0. The molecule has 0 spiro atoms. The molecule has 1 aliphatic heterocycles. The largest absolute Gasteiger partial charge is 0.339 e. The number of likely N-dealkylation sites (N-methyl/N-ethyl adjacent to an activating group) is 1. The summed E-state index contributed by atoms with van der Waals surface area (Å²) < 4.78 is 1.82. The highest BCUT2D eigenvalue weighted by molar-refractivity contribution is 5.94. The molecule has 4 heteroatoms. The number of amides is 1. The van der Waals surface area contributed by atoms with Gasteiger partial charge in [-0.15, -0.1) is 0 Å². The van der Waals surface area contributed by atoms with E-state index in [1.807, 2.05) is 17.9 Å². The van der Waals surface area contributed by atoms with Crippen molar-refractivity contribution in [3.63, 3.8) is 0 Å². The van der Waals surface area contributed by atoms with E-state index in [9.17, 15) is 4.79 Å². The first-order valence-electron chi connectivity index (χ1n) is 5.23. The highest BCUT2D eigenvalue weighted by Gasteiger charge is 2.30. The monoisotopic (exact) mass is 207 g/mol. The third-order valence-corrected chi connectivity index (χ3v) is 2.84. The number of aromatic nitrogens is 2. The summed E-state index contributed by atoms with van der Waals surface area (Å²) in [5.41, 5.74) is 1.77. The van der Waals surface area contributed by atoms with Gasteiger partial charge in [0, 0.05) is 19.2 Å². The summed E-state index contributed by atoms with van der Waals surface area (Å²) in [6.07, 6.45) is 1.83. The second kappa shape index (κ2) is 3.08. The predicted octanol–water partition coefficient (Wildman–Crippen LogP) is 1.27. The van der Waals surface area contributed by atoms with E-state index in [4.69, 9.17) is 0 Å². The molecule has 0 bridgehead atoms. The Hall–Kier alpha value is -1.32. The smallest absolute Gasteiger partial charge is 0.272 e. The summed E-state index contributed by atoms with van der Waals surface area (Å²) in [5.74, 6) is 0.0867. The van der Waals surface area contributed by atoms with Gasteiger partial charge in [0.25, 0.3) is 5.91 Å². The molecule has 2 rings (SSSR count). The number of hydrogen-bond donors (Lipinski definition) is 0. The standard InChI is InChI=1S/C11H17N3O/c1-11(2,3)8-7-12-14-6-5-13(4)10(15)9(8)14/h7H,5-6H2,1-4H3. The maximum Gasteiger partial charge on any atom is 0.272 e. The van der Waals surface area contributed by atoms with E-state index < -0.39 is 0 Å². The van der Waals surface area contributed by atoms with E-state index in [1.54, 1.807) is 4.90 Å². The molecule has 0 aromatic carbocycles. The van der Waals surface area contributed by atoms with Crippen LogP contribution in [0.1, 0.15) is 36.8 Å². The lowest BCUT2D eigenvalue weighted by Gasteiger charge is -2.26. The Bertz CT molecular complexity index is 400. The predicted molar refractivity (Wildman–Crippen MR) is 57.9 cm³/mol. The van der Waals surface area contributed by atoms with E-state index >= 15 is 0 Å². The second-order valence-electron chi connectivity index (χ2n) is 5.11. The maximum atomic E-state index is 12.0. The average Bonchev–Trinajstić information content (AvgIpc) is 2.54. The van der Waals surface area contributed by atoms with Gasteiger partial charge in [-0.2, -0.15) is 5.10 Å². The van der Waals surface area contributed by atoms with Crippen LogP contribution in [-0.4, -0.2) is 34.2 Å². The van der Waals surface area contributed by atoms with Crippen molar-refractivity contribution in [2.24, 2.45) is 0 Å². The van der Waals surface area contributed by atoms with Crippen LogP contribution in [0, 0.1) is 0 Å². The van der Waals surface area contributed by atoms with E-state index in [0.29, 0.717) is 0 Å². The van der Waals surface area contributed by atoms with Crippen LogP contribution in [0.5, 0.6) is 0 Å². The Morgan fingerprint density at radius 1 is 1.33 bits per heavy atom. The minimum Gasteiger partial charge on any atom is -0.339 e. The SMILES string of the molecule is CN1CCn2ncc(C(C)(C)C)c2C1=O. The average molecular weight is 207 g/mol. The van der Waals surface area contributed by atoms with Gasteiger partial charge >= 0.3 is 0 Å². The molecular formula is C11H17N3O. The Labute approximate surface area is 89.9 Å². The van der Waals surface area contributed by atoms with Crippen molar-refractivity contribution in [2.75, 3.05) is 13.6 Å². The van der Waals surface area contributed by atoms with Crippen molar-refractivity contribution in [1.29, 1.82) is 0 Å². The molecular weight excluding hydrogens is 190 g/mol. The van der Waals surface area contributed by atoms with Gasteiger partial charge in [-0.3, -0.25) is 9.48 Å². The third kappa shape index (κ3) is 1.54. The van der Waals surface area contributed by atoms with Gasteiger partial charge < -0.3 is 4.90 Å². The number of carbonyl (C=O) groups excluding carboxylic acids is 1. The summed E-state index contributed by atoms with van der Waals surface area (Å²) >= 11 is 0. The van der Waals surface area contributed by atoms with Crippen LogP contribution in [-0.2, 0) is 12.0 Å². The summed E-state index contributed by atoms with van der Waals surface area (Å²) in [4.78, 5) is 13.8. The first kappa shape index (κ1) is 10.2. The molecule has 0 fully saturated rings. The molecule has 15 heavy (non-hydrogen) atoms. The molecule has 0 saturated carbocycles. The van der Waals surface area contributed by atoms with Crippen molar-refractivity contribution in [3.05, 3.63) is 17.5 Å². The lowest BCUT2D eigenvalue weighted by molar-refractivity contribution is 0.0739. The second-order valence-corrected chi connectivity index (χ2v) is 5.11. The van der Waals surface area contributed by atoms with Gasteiger partial charge in [-0.1, -0.05) is 20.8 Å². The van der Waals surface area contributed by atoms with Gasteiger partial charge in [-0.05, 0) is 5.41 Å². The van der Waals surface area contributed by atoms with E-state index in [1.165, 1.54) is 0 Å². The zero-order valence-corrected chi connectivity index (χ0v) is 9.74. The number of fused-ring (bicyclic) bond motifs is 1. The molecule has 1 aromatic rings. The van der Waals surface area contributed by atoms with Crippen LogP contribution >= 0.6 is 0 Å². The summed E-state index contributed by atoms with van der Waals surface area (Å²) in [5, 5.41) is 4.28. The molecule has 0 atom stereocenters. The van der Waals surface area contributed by atoms with Crippen LogP contribution < -0.4 is 0 Å². The summed E-state index contributed by atoms with van der Waals surface area (Å²) in [6, 6.07) is 0. The van der Waals surface area contributed by atoms with Crippen LogP contribution in [0.2, 0.25) is 0 Å². The van der Waals surface area contributed by atoms with Crippen LogP contribution in [0.25, 0.3) is 0 Å². The molecule has 0 saturated heterocycles. The fraction of sp³-hybridized carbons (Fsp3) is 0.636. The third-order valence-electron chi connectivity index (χ3n) is 2.84. The fourth-order valence-electron chi connectivity index (χ4n) is 1.86. The molecule has 1 aliphatic rings. The van der Waals surface area contributed by atoms with Gasteiger partial charge in [0.2, 0.25) is 0 Å². The first-order chi connectivity index (χ1) is 6.91. The molecule has 0 unspecified atom stereocenters. The molecule has 1 amide bonds. The molecule has 82 valence electrons. The van der Waals surface area contributed by atoms with Gasteiger partial charge in [0.15, 0.2) is 0 Å². The highest BCUT2D eigenvalue weighted by atomic mass is 16.2. The zero-order chi connectivity index (χ0) is 11.2. The molecule has 0 aliphatic carbocycles. The molecule has 0 N–H and O–H groups in total.